The number of anilines is 1. The molecule has 0 spiro atoms. The second-order valence-corrected chi connectivity index (χ2v) is 6.84. The number of carbonyl (C=O) groups is 1. The van der Waals surface area contributed by atoms with E-state index in [1.165, 1.54) is 30.6 Å². The van der Waals surface area contributed by atoms with Crippen molar-refractivity contribution in [3.8, 4) is 5.75 Å². The standard InChI is InChI=1S/C16H19FN2O3S/c1-21-7-6-16(4-3-5-16)14(20)19-15-18-13-11(22-2)8-10(17)9-12(13)23-15/h8-9H,3-7H2,1-2H3,(H,18,19,20). The zero-order valence-corrected chi connectivity index (χ0v) is 14.0. The van der Waals surface area contributed by atoms with Crippen LogP contribution >= 0.6 is 11.3 Å². The van der Waals surface area contributed by atoms with Gasteiger partial charge in [0.15, 0.2) is 5.13 Å². The fourth-order valence-corrected chi connectivity index (χ4v) is 3.80. The number of nitrogens with one attached hydrogen (secondary N) is 1. The molecule has 0 atom stereocenters. The smallest absolute Gasteiger partial charge is 0.232 e. The van der Waals surface area contributed by atoms with Crippen LogP contribution < -0.4 is 10.1 Å². The van der Waals surface area contributed by atoms with Gasteiger partial charge in [0.25, 0.3) is 0 Å². The second-order valence-electron chi connectivity index (χ2n) is 5.80. The number of aromatic nitrogens is 1. The Morgan fingerprint density at radius 2 is 2.22 bits per heavy atom. The monoisotopic (exact) mass is 338 g/mol. The molecule has 1 heterocycles. The van der Waals surface area contributed by atoms with Crippen LogP contribution in [-0.4, -0.2) is 31.7 Å². The van der Waals surface area contributed by atoms with Crippen molar-refractivity contribution in [2.24, 2.45) is 5.41 Å². The molecule has 5 nitrogen and oxygen atoms in total. The maximum absolute atomic E-state index is 13.5. The molecule has 7 heteroatoms. The van der Waals surface area contributed by atoms with Gasteiger partial charge in [0, 0.05) is 19.8 Å². The molecular formula is C16H19FN2O3S. The number of methoxy groups -OCH3 is 2. The first-order valence-corrected chi connectivity index (χ1v) is 8.34. The lowest BCUT2D eigenvalue weighted by molar-refractivity contribution is -0.131. The molecule has 0 saturated heterocycles. The summed E-state index contributed by atoms with van der Waals surface area (Å²) in [6.07, 6.45) is 3.49. The number of thiazole rings is 1. The van der Waals surface area contributed by atoms with Crippen LogP contribution in [0.15, 0.2) is 12.1 Å². The van der Waals surface area contributed by atoms with E-state index < -0.39 is 0 Å². The number of benzene rings is 1. The third-order valence-electron chi connectivity index (χ3n) is 4.44. The molecule has 124 valence electrons. The van der Waals surface area contributed by atoms with Crippen LogP contribution in [0.1, 0.15) is 25.7 Å². The lowest BCUT2D eigenvalue weighted by atomic mass is 9.66. The highest BCUT2D eigenvalue weighted by atomic mass is 32.1. The summed E-state index contributed by atoms with van der Waals surface area (Å²) in [5.41, 5.74) is 0.206. The molecule has 1 saturated carbocycles. The van der Waals surface area contributed by atoms with E-state index in [4.69, 9.17) is 9.47 Å². The summed E-state index contributed by atoms with van der Waals surface area (Å²) in [5.74, 6) is -0.0415. The number of amides is 1. The Balaban J connectivity index is 1.82. The topological polar surface area (TPSA) is 60.5 Å². The summed E-state index contributed by atoms with van der Waals surface area (Å²) < 4.78 is 24.5. The van der Waals surface area contributed by atoms with Gasteiger partial charge in [0.2, 0.25) is 5.91 Å². The number of ether oxygens (including phenoxy) is 2. The Kier molecular flexibility index (Phi) is 4.50. The summed E-state index contributed by atoms with van der Waals surface area (Å²) in [6.45, 7) is 0.562. The van der Waals surface area contributed by atoms with Gasteiger partial charge in [-0.1, -0.05) is 17.8 Å². The van der Waals surface area contributed by atoms with Gasteiger partial charge in [-0.3, -0.25) is 4.79 Å². The van der Waals surface area contributed by atoms with Crippen LogP contribution in [0.5, 0.6) is 5.75 Å². The minimum absolute atomic E-state index is 0.0284. The van der Waals surface area contributed by atoms with Gasteiger partial charge in [0.05, 0.1) is 17.2 Å². The number of rotatable bonds is 6. The highest BCUT2D eigenvalue weighted by Gasteiger charge is 2.43. The Labute approximate surface area is 137 Å². The number of halogens is 1. The minimum Gasteiger partial charge on any atom is -0.494 e. The first kappa shape index (κ1) is 16.1. The molecule has 1 aliphatic carbocycles. The van der Waals surface area contributed by atoms with Crippen molar-refractivity contribution in [1.29, 1.82) is 0 Å². The van der Waals surface area contributed by atoms with Gasteiger partial charge in [-0.05, 0) is 25.3 Å². The van der Waals surface area contributed by atoms with Gasteiger partial charge in [-0.25, -0.2) is 9.37 Å². The van der Waals surface area contributed by atoms with Crippen molar-refractivity contribution in [1.82, 2.24) is 4.98 Å². The Morgan fingerprint density at radius 3 is 2.83 bits per heavy atom. The molecule has 1 N–H and O–H groups in total. The maximum Gasteiger partial charge on any atom is 0.232 e. The van der Waals surface area contributed by atoms with Gasteiger partial charge in [-0.2, -0.15) is 0 Å². The van der Waals surface area contributed by atoms with Crippen molar-refractivity contribution in [2.75, 3.05) is 26.1 Å². The third-order valence-corrected chi connectivity index (χ3v) is 5.36. The summed E-state index contributed by atoms with van der Waals surface area (Å²) in [7, 11) is 3.11. The van der Waals surface area contributed by atoms with Gasteiger partial charge in [0.1, 0.15) is 17.1 Å². The lowest BCUT2D eigenvalue weighted by Crippen LogP contribution is -2.42. The minimum atomic E-state index is -0.383. The number of nitrogens with zero attached hydrogens (tertiary/aromatic N) is 1. The molecule has 0 aliphatic heterocycles. The fraction of sp³-hybridized carbons (Fsp3) is 0.500. The molecule has 0 radical (unpaired) electrons. The lowest BCUT2D eigenvalue weighted by Gasteiger charge is -2.39. The van der Waals surface area contributed by atoms with E-state index in [0.717, 1.165) is 19.3 Å². The van der Waals surface area contributed by atoms with Crippen LogP contribution in [0.3, 0.4) is 0 Å². The largest absolute Gasteiger partial charge is 0.494 e. The van der Waals surface area contributed by atoms with Crippen molar-refractivity contribution < 1.29 is 18.7 Å². The normalized spacial score (nSPS) is 16.1. The average molecular weight is 338 g/mol. The highest BCUT2D eigenvalue weighted by Crippen LogP contribution is 2.45. The van der Waals surface area contributed by atoms with E-state index >= 15 is 0 Å². The first-order chi connectivity index (χ1) is 11.1. The summed E-state index contributed by atoms with van der Waals surface area (Å²) in [5, 5.41) is 3.36. The van der Waals surface area contributed by atoms with Crippen LogP contribution in [0.25, 0.3) is 10.2 Å². The fourth-order valence-electron chi connectivity index (χ4n) is 2.90. The summed E-state index contributed by atoms with van der Waals surface area (Å²) in [4.78, 5) is 17.0. The third kappa shape index (κ3) is 3.03. The van der Waals surface area contributed by atoms with Gasteiger partial charge in [-0.15, -0.1) is 0 Å². The van der Waals surface area contributed by atoms with E-state index in [2.05, 4.69) is 10.3 Å². The van der Waals surface area contributed by atoms with Crippen molar-refractivity contribution in [3.05, 3.63) is 17.9 Å². The quantitative estimate of drug-likeness (QED) is 0.874. The molecule has 2 aromatic rings. The van der Waals surface area contributed by atoms with Gasteiger partial charge >= 0.3 is 0 Å². The first-order valence-electron chi connectivity index (χ1n) is 7.52. The zero-order chi connectivity index (χ0) is 16.4. The van der Waals surface area contributed by atoms with E-state index in [1.54, 1.807) is 7.11 Å². The summed E-state index contributed by atoms with van der Waals surface area (Å²) in [6, 6.07) is 2.69. The van der Waals surface area contributed by atoms with E-state index in [1.807, 2.05) is 0 Å². The second kappa shape index (κ2) is 6.41. The Morgan fingerprint density at radius 1 is 1.43 bits per heavy atom. The van der Waals surface area contributed by atoms with E-state index in [0.29, 0.717) is 34.1 Å². The highest BCUT2D eigenvalue weighted by molar-refractivity contribution is 7.22. The van der Waals surface area contributed by atoms with Crippen molar-refractivity contribution >= 4 is 32.6 Å². The Hall–Kier alpha value is -1.73. The molecule has 3 rings (SSSR count). The summed E-state index contributed by atoms with van der Waals surface area (Å²) >= 11 is 1.25. The Bertz CT molecular complexity index is 727. The SMILES string of the molecule is COCCC1(C(=O)Nc2nc3c(OC)cc(F)cc3s2)CCC1. The molecular weight excluding hydrogens is 319 g/mol. The van der Waals surface area contributed by atoms with E-state index in [-0.39, 0.29) is 17.1 Å². The van der Waals surface area contributed by atoms with Gasteiger partial charge < -0.3 is 14.8 Å². The van der Waals surface area contributed by atoms with Crippen LogP contribution in [0.2, 0.25) is 0 Å². The molecule has 1 fully saturated rings. The molecule has 0 bridgehead atoms. The number of hydrogen-bond donors (Lipinski definition) is 1. The van der Waals surface area contributed by atoms with Crippen molar-refractivity contribution in [3.63, 3.8) is 0 Å². The number of hydrogen-bond acceptors (Lipinski definition) is 5. The molecule has 0 unspecified atom stereocenters. The number of carbonyl (C=O) groups excluding carboxylic acids is 1. The molecule has 1 amide bonds. The predicted octanol–water partition coefficient (Wildman–Crippen LogP) is 3.59. The number of fused-ring (bicyclic) bond motifs is 1. The van der Waals surface area contributed by atoms with E-state index in [9.17, 15) is 9.18 Å². The predicted molar refractivity (Wildman–Crippen MR) is 87.5 cm³/mol. The molecule has 23 heavy (non-hydrogen) atoms. The molecule has 1 aromatic carbocycles. The average Bonchev–Trinajstić information content (AvgIpc) is 2.87. The van der Waals surface area contributed by atoms with Crippen LogP contribution in [0.4, 0.5) is 9.52 Å². The molecule has 1 aliphatic rings. The maximum atomic E-state index is 13.5. The van der Waals surface area contributed by atoms with Crippen LogP contribution in [-0.2, 0) is 9.53 Å². The van der Waals surface area contributed by atoms with Crippen LogP contribution in [0, 0.1) is 11.2 Å². The molecule has 1 aromatic heterocycles. The zero-order valence-electron chi connectivity index (χ0n) is 13.1. The van der Waals surface area contributed by atoms with Crippen molar-refractivity contribution in [2.45, 2.75) is 25.7 Å².